The highest BCUT2D eigenvalue weighted by atomic mass is 16.4. The minimum absolute atomic E-state index is 0.0310. The summed E-state index contributed by atoms with van der Waals surface area (Å²) in [5.74, 6) is 1.58. The molecule has 4 aromatic rings. The molecule has 4 rings (SSSR count). The van der Waals surface area contributed by atoms with Crippen molar-refractivity contribution in [3.05, 3.63) is 84.3 Å². The third-order valence-corrected chi connectivity index (χ3v) is 5.47. The molecular formula is C27H27N3O4. The van der Waals surface area contributed by atoms with Crippen molar-refractivity contribution >= 4 is 23.1 Å². The van der Waals surface area contributed by atoms with Crippen molar-refractivity contribution in [2.24, 2.45) is 0 Å². The van der Waals surface area contributed by atoms with Gasteiger partial charge in [0.25, 0.3) is 5.91 Å². The van der Waals surface area contributed by atoms with Crippen LogP contribution in [0.1, 0.15) is 46.8 Å². The minimum atomic E-state index is -0.261. The zero-order valence-electron chi connectivity index (χ0n) is 18.8. The maximum Gasteiger partial charge on any atom is 0.287 e. The summed E-state index contributed by atoms with van der Waals surface area (Å²) in [7, 11) is 0. The number of benzene rings is 2. The van der Waals surface area contributed by atoms with Gasteiger partial charge in [0.2, 0.25) is 0 Å². The average Bonchev–Trinajstić information content (AvgIpc) is 3.53. The Hall–Kier alpha value is -4.26. The second-order valence-corrected chi connectivity index (χ2v) is 8.06. The normalized spacial score (nSPS) is 10.8. The first-order valence-corrected chi connectivity index (χ1v) is 11.2. The van der Waals surface area contributed by atoms with Gasteiger partial charge in [-0.2, -0.15) is 0 Å². The minimum Gasteiger partial charge on any atom is -0.453 e. The van der Waals surface area contributed by atoms with Gasteiger partial charge in [-0.3, -0.25) is 9.59 Å². The van der Waals surface area contributed by atoms with E-state index in [2.05, 4.69) is 5.32 Å². The second kappa shape index (κ2) is 10.6. The standard InChI is InChI=1S/C27H27N3O4/c28-20-9-5-18(6-10-20)23-13-15-25(33-23)22(31)4-2-1-3-17-30-27(32)26-16-14-24(34-26)19-7-11-21(29)12-8-19/h5-16H,1-4,17,28-29H2,(H,30,32). The fourth-order valence-electron chi connectivity index (χ4n) is 3.55. The number of amides is 1. The molecule has 2 heterocycles. The van der Waals surface area contributed by atoms with Crippen molar-refractivity contribution in [1.82, 2.24) is 5.32 Å². The third-order valence-electron chi connectivity index (χ3n) is 5.47. The number of Topliss-reactive ketones (excluding diaryl/α,β-unsaturated/α-hetero) is 1. The molecule has 2 aromatic heterocycles. The highest BCUT2D eigenvalue weighted by molar-refractivity contribution is 5.94. The van der Waals surface area contributed by atoms with Gasteiger partial charge < -0.3 is 25.6 Å². The summed E-state index contributed by atoms with van der Waals surface area (Å²) in [4.78, 5) is 24.7. The van der Waals surface area contributed by atoms with Crippen LogP contribution in [0.25, 0.3) is 22.6 Å². The first-order chi connectivity index (χ1) is 16.5. The second-order valence-electron chi connectivity index (χ2n) is 8.06. The van der Waals surface area contributed by atoms with Crippen LogP contribution in [-0.2, 0) is 0 Å². The molecule has 0 aliphatic rings. The zero-order chi connectivity index (χ0) is 23.9. The van der Waals surface area contributed by atoms with Crippen molar-refractivity contribution in [2.45, 2.75) is 25.7 Å². The molecule has 0 spiro atoms. The van der Waals surface area contributed by atoms with Gasteiger partial charge in [0.1, 0.15) is 11.5 Å². The SMILES string of the molecule is Nc1ccc(-c2ccc(C(=O)CCCCCNC(=O)c3ccc(-c4ccc(N)cc4)o3)o2)cc1. The summed E-state index contributed by atoms with van der Waals surface area (Å²) in [5, 5.41) is 2.85. The molecule has 174 valence electrons. The third kappa shape index (κ3) is 5.75. The maximum absolute atomic E-state index is 12.4. The van der Waals surface area contributed by atoms with Crippen molar-refractivity contribution in [3.63, 3.8) is 0 Å². The number of unbranched alkanes of at least 4 members (excludes halogenated alkanes) is 2. The molecule has 1 amide bonds. The van der Waals surface area contributed by atoms with Gasteiger partial charge in [-0.15, -0.1) is 0 Å². The van der Waals surface area contributed by atoms with Gasteiger partial charge in [0, 0.05) is 35.5 Å². The van der Waals surface area contributed by atoms with Gasteiger partial charge in [-0.25, -0.2) is 0 Å². The number of ketones is 1. The van der Waals surface area contributed by atoms with Crippen LogP contribution in [0.5, 0.6) is 0 Å². The molecule has 5 N–H and O–H groups in total. The number of nitrogens with two attached hydrogens (primary N) is 2. The first-order valence-electron chi connectivity index (χ1n) is 11.2. The average molecular weight is 458 g/mol. The summed E-state index contributed by atoms with van der Waals surface area (Å²) in [6, 6.07) is 21.5. The van der Waals surface area contributed by atoms with Crippen LogP contribution in [-0.4, -0.2) is 18.2 Å². The lowest BCUT2D eigenvalue weighted by Crippen LogP contribution is -2.23. The summed E-state index contributed by atoms with van der Waals surface area (Å²) in [5.41, 5.74) is 14.5. The number of nitrogens with one attached hydrogen (secondary N) is 1. The number of rotatable bonds is 10. The van der Waals surface area contributed by atoms with Crippen LogP contribution < -0.4 is 16.8 Å². The Labute approximate surface area is 197 Å². The lowest BCUT2D eigenvalue weighted by Gasteiger charge is -2.03. The molecule has 0 saturated carbocycles. The molecule has 2 aromatic carbocycles. The van der Waals surface area contributed by atoms with Crippen LogP contribution >= 0.6 is 0 Å². The number of carbonyl (C=O) groups excluding carboxylic acids is 2. The molecule has 0 bridgehead atoms. The van der Waals surface area contributed by atoms with E-state index >= 15 is 0 Å². The Morgan fingerprint density at radius 2 is 1.18 bits per heavy atom. The van der Waals surface area contributed by atoms with Gasteiger partial charge in [-0.1, -0.05) is 6.42 Å². The van der Waals surface area contributed by atoms with E-state index in [1.165, 1.54) is 0 Å². The van der Waals surface area contributed by atoms with E-state index in [1.54, 1.807) is 48.5 Å². The first kappa shape index (κ1) is 22.9. The van der Waals surface area contributed by atoms with Gasteiger partial charge in [0.15, 0.2) is 17.3 Å². The van der Waals surface area contributed by atoms with Crippen LogP contribution in [0.4, 0.5) is 11.4 Å². The molecule has 0 saturated heterocycles. The van der Waals surface area contributed by atoms with E-state index in [-0.39, 0.29) is 17.5 Å². The number of hydrogen-bond donors (Lipinski definition) is 3. The molecular weight excluding hydrogens is 430 g/mol. The van der Waals surface area contributed by atoms with Crippen LogP contribution in [0.15, 0.2) is 81.6 Å². The number of anilines is 2. The Kier molecular flexibility index (Phi) is 7.13. The molecule has 7 nitrogen and oxygen atoms in total. The van der Waals surface area contributed by atoms with Crippen molar-refractivity contribution in [1.29, 1.82) is 0 Å². The van der Waals surface area contributed by atoms with Crippen molar-refractivity contribution in [2.75, 3.05) is 18.0 Å². The Bertz CT molecular complexity index is 1150. The number of hydrogen-bond acceptors (Lipinski definition) is 6. The van der Waals surface area contributed by atoms with Crippen molar-refractivity contribution in [3.8, 4) is 22.6 Å². The summed E-state index contributed by atoms with van der Waals surface area (Å²) >= 11 is 0. The Morgan fingerprint density at radius 1 is 0.647 bits per heavy atom. The highest BCUT2D eigenvalue weighted by Crippen LogP contribution is 2.25. The number of nitrogen functional groups attached to an aromatic ring is 2. The molecule has 7 heteroatoms. The lowest BCUT2D eigenvalue weighted by atomic mass is 10.1. The largest absolute Gasteiger partial charge is 0.453 e. The van der Waals surface area contributed by atoms with E-state index in [9.17, 15) is 9.59 Å². The fourth-order valence-corrected chi connectivity index (χ4v) is 3.55. The lowest BCUT2D eigenvalue weighted by molar-refractivity contribution is 0.0921. The van der Waals surface area contributed by atoms with Gasteiger partial charge in [0.05, 0.1) is 0 Å². The molecule has 0 aliphatic carbocycles. The Morgan fingerprint density at radius 3 is 1.76 bits per heavy atom. The molecule has 0 fully saturated rings. The molecule has 0 aliphatic heterocycles. The smallest absolute Gasteiger partial charge is 0.287 e. The van der Waals surface area contributed by atoms with Crippen LogP contribution in [0.3, 0.4) is 0 Å². The van der Waals surface area contributed by atoms with Crippen LogP contribution in [0.2, 0.25) is 0 Å². The molecule has 0 unspecified atom stereocenters. The van der Waals surface area contributed by atoms with Gasteiger partial charge in [-0.05, 0) is 85.6 Å². The van der Waals surface area contributed by atoms with E-state index < -0.39 is 0 Å². The summed E-state index contributed by atoms with van der Waals surface area (Å²) in [6.45, 7) is 0.507. The highest BCUT2D eigenvalue weighted by Gasteiger charge is 2.13. The van der Waals surface area contributed by atoms with Gasteiger partial charge >= 0.3 is 0 Å². The van der Waals surface area contributed by atoms with Crippen molar-refractivity contribution < 1.29 is 18.4 Å². The monoisotopic (exact) mass is 457 g/mol. The predicted molar refractivity (Wildman–Crippen MR) is 132 cm³/mol. The molecule has 0 radical (unpaired) electrons. The molecule has 0 atom stereocenters. The van der Waals surface area contributed by atoms with E-state index in [4.69, 9.17) is 20.3 Å². The quantitative estimate of drug-likeness (QED) is 0.163. The summed E-state index contributed by atoms with van der Waals surface area (Å²) < 4.78 is 11.4. The predicted octanol–water partition coefficient (Wildman–Crippen LogP) is 5.54. The number of furan rings is 2. The topological polar surface area (TPSA) is 124 Å². The number of carbonyl (C=O) groups is 2. The van der Waals surface area contributed by atoms with E-state index in [0.717, 1.165) is 24.0 Å². The van der Waals surface area contributed by atoms with E-state index in [0.29, 0.717) is 48.0 Å². The Balaban J connectivity index is 1.16. The summed E-state index contributed by atoms with van der Waals surface area (Å²) in [6.07, 6.45) is 2.69. The van der Waals surface area contributed by atoms with E-state index in [1.807, 2.05) is 24.3 Å². The maximum atomic E-state index is 12.4. The fraction of sp³-hybridized carbons (Fsp3) is 0.185. The molecule has 34 heavy (non-hydrogen) atoms. The zero-order valence-corrected chi connectivity index (χ0v) is 18.8. The van der Waals surface area contributed by atoms with Crippen LogP contribution in [0, 0.1) is 0 Å².